The first-order valence-corrected chi connectivity index (χ1v) is 10.4. The molecule has 1 aromatic carbocycles. The molecule has 6 heteroatoms. The highest BCUT2D eigenvalue weighted by atomic mass is 16.3. The summed E-state index contributed by atoms with van der Waals surface area (Å²) in [5, 5.41) is 10.7. The Bertz CT molecular complexity index is 915. The van der Waals surface area contributed by atoms with Crippen LogP contribution in [-0.4, -0.2) is 58.1 Å². The fourth-order valence-corrected chi connectivity index (χ4v) is 4.48. The number of carbonyl (C=O) groups excluding carboxylic acids is 1. The molecule has 0 radical (unpaired) electrons. The van der Waals surface area contributed by atoms with Gasteiger partial charge in [0.1, 0.15) is 0 Å². The number of aromatic nitrogens is 1. The number of aliphatic hydroxyl groups is 1. The van der Waals surface area contributed by atoms with Crippen molar-refractivity contribution < 1.29 is 9.90 Å². The molecule has 2 N–H and O–H groups in total. The third kappa shape index (κ3) is 3.98. The molecule has 2 aliphatic rings. The maximum absolute atomic E-state index is 12.6. The van der Waals surface area contributed by atoms with E-state index in [-0.39, 0.29) is 23.5 Å². The average molecular weight is 383 g/mol. The molecule has 2 heterocycles. The number of nitrogens with one attached hydrogen (secondary N) is 1. The van der Waals surface area contributed by atoms with Gasteiger partial charge >= 0.3 is 0 Å². The van der Waals surface area contributed by atoms with Crippen LogP contribution >= 0.6 is 0 Å². The summed E-state index contributed by atoms with van der Waals surface area (Å²) in [6, 6.07) is 8.23. The molecule has 150 valence electrons. The summed E-state index contributed by atoms with van der Waals surface area (Å²) in [6.07, 6.45) is 2.61. The second-order valence-electron chi connectivity index (χ2n) is 8.16. The second kappa shape index (κ2) is 8.05. The molecule has 1 aliphatic heterocycles. The van der Waals surface area contributed by atoms with Gasteiger partial charge in [0.15, 0.2) is 0 Å². The summed E-state index contributed by atoms with van der Waals surface area (Å²) in [5.74, 6) is 0.220. The molecule has 4 rings (SSSR count). The molecule has 1 amide bonds. The number of aliphatic hydroxyl groups excluding tert-OH is 1. The van der Waals surface area contributed by atoms with E-state index in [1.54, 1.807) is 0 Å². The Morgan fingerprint density at radius 3 is 2.64 bits per heavy atom. The minimum absolute atomic E-state index is 0.00342. The molecule has 1 aromatic heterocycles. The van der Waals surface area contributed by atoms with Crippen LogP contribution in [0.25, 0.3) is 10.9 Å². The van der Waals surface area contributed by atoms with E-state index >= 15 is 0 Å². The van der Waals surface area contributed by atoms with Crippen LogP contribution in [0, 0.1) is 5.92 Å². The number of fused-ring (bicyclic) bond motifs is 1. The van der Waals surface area contributed by atoms with Crippen LogP contribution in [0.3, 0.4) is 0 Å². The van der Waals surface area contributed by atoms with Crippen molar-refractivity contribution in [3.05, 3.63) is 45.7 Å². The number of carbonyl (C=O) groups is 1. The van der Waals surface area contributed by atoms with Crippen molar-refractivity contribution in [2.24, 2.45) is 5.92 Å². The van der Waals surface area contributed by atoms with E-state index in [1.807, 2.05) is 17.9 Å². The molecule has 0 bridgehead atoms. The zero-order chi connectivity index (χ0) is 19.7. The number of aromatic amines is 1. The van der Waals surface area contributed by atoms with Gasteiger partial charge in [-0.1, -0.05) is 19.1 Å². The number of H-pyrrole nitrogens is 1. The summed E-state index contributed by atoms with van der Waals surface area (Å²) in [4.78, 5) is 32.0. The van der Waals surface area contributed by atoms with Gasteiger partial charge in [-0.15, -0.1) is 0 Å². The Labute approximate surface area is 165 Å². The first-order chi connectivity index (χ1) is 13.5. The lowest BCUT2D eigenvalue weighted by molar-refractivity contribution is -0.137. The number of nitrogens with zero attached hydrogens (tertiary/aromatic N) is 2. The Hall–Kier alpha value is -2.18. The summed E-state index contributed by atoms with van der Waals surface area (Å²) in [6.45, 7) is 6.00. The Morgan fingerprint density at radius 2 is 1.96 bits per heavy atom. The number of hydrogen-bond donors (Lipinski definition) is 2. The number of piperazine rings is 1. The maximum Gasteiger partial charge on any atom is 0.251 e. The van der Waals surface area contributed by atoms with Crippen LogP contribution in [-0.2, 0) is 17.8 Å². The SMILES string of the molecule is CCc1cc2ccc(CN3CCN(C(=O)C4CC[C@@H](O)C4)CC3)cc2[nH]c1=O. The largest absolute Gasteiger partial charge is 0.393 e. The topological polar surface area (TPSA) is 76.6 Å². The van der Waals surface area contributed by atoms with Crippen LogP contribution in [0.5, 0.6) is 0 Å². The lowest BCUT2D eigenvalue weighted by Crippen LogP contribution is -2.49. The Balaban J connectivity index is 1.37. The molecule has 1 saturated carbocycles. The first-order valence-electron chi connectivity index (χ1n) is 10.4. The zero-order valence-electron chi connectivity index (χ0n) is 16.5. The molecular weight excluding hydrogens is 354 g/mol. The summed E-state index contributed by atoms with van der Waals surface area (Å²) in [5.41, 5.74) is 2.87. The normalized spacial score (nSPS) is 23.4. The molecule has 2 aromatic rings. The number of hydrogen-bond acceptors (Lipinski definition) is 4. The number of benzene rings is 1. The standard InChI is InChI=1S/C22H29N3O3/c1-2-16-12-17-4-3-15(11-20(17)23-21(16)27)14-24-7-9-25(10-8-24)22(28)18-5-6-19(26)13-18/h3-4,11-12,18-19,26H,2,5-10,13-14H2,1H3,(H,23,27)/t18?,19-/m1/s1. The highest BCUT2D eigenvalue weighted by Gasteiger charge is 2.32. The van der Waals surface area contributed by atoms with Crippen LogP contribution in [0.15, 0.2) is 29.1 Å². The van der Waals surface area contributed by atoms with Crippen molar-refractivity contribution in [1.82, 2.24) is 14.8 Å². The van der Waals surface area contributed by atoms with Crippen molar-refractivity contribution >= 4 is 16.8 Å². The smallest absolute Gasteiger partial charge is 0.251 e. The summed E-state index contributed by atoms with van der Waals surface area (Å²) >= 11 is 0. The van der Waals surface area contributed by atoms with Crippen LogP contribution in [0.1, 0.15) is 37.3 Å². The van der Waals surface area contributed by atoms with Crippen LogP contribution < -0.4 is 5.56 Å². The number of aryl methyl sites for hydroxylation is 1. The van der Waals surface area contributed by atoms with Gasteiger partial charge in [-0.3, -0.25) is 14.5 Å². The minimum Gasteiger partial charge on any atom is -0.393 e. The quantitative estimate of drug-likeness (QED) is 0.845. The van der Waals surface area contributed by atoms with E-state index in [2.05, 4.69) is 28.1 Å². The summed E-state index contributed by atoms with van der Waals surface area (Å²) < 4.78 is 0. The van der Waals surface area contributed by atoms with Gasteiger partial charge in [-0.25, -0.2) is 0 Å². The molecule has 28 heavy (non-hydrogen) atoms. The third-order valence-electron chi connectivity index (χ3n) is 6.21. The van der Waals surface area contributed by atoms with Gasteiger partial charge in [-0.05, 0) is 48.8 Å². The number of pyridine rings is 1. The second-order valence-corrected chi connectivity index (χ2v) is 8.16. The monoisotopic (exact) mass is 383 g/mol. The predicted molar refractivity (Wildman–Crippen MR) is 109 cm³/mol. The first kappa shape index (κ1) is 19.2. The van der Waals surface area contributed by atoms with Crippen molar-refractivity contribution in [2.45, 2.75) is 45.3 Å². The van der Waals surface area contributed by atoms with Gasteiger partial charge in [0.2, 0.25) is 5.91 Å². The third-order valence-corrected chi connectivity index (χ3v) is 6.21. The zero-order valence-corrected chi connectivity index (χ0v) is 16.5. The molecule has 1 unspecified atom stereocenters. The van der Waals surface area contributed by atoms with Crippen molar-refractivity contribution in [1.29, 1.82) is 0 Å². The van der Waals surface area contributed by atoms with E-state index in [0.717, 1.165) is 68.5 Å². The van der Waals surface area contributed by atoms with Gasteiger partial charge < -0.3 is 15.0 Å². The molecule has 0 spiro atoms. The fourth-order valence-electron chi connectivity index (χ4n) is 4.48. The van der Waals surface area contributed by atoms with E-state index in [9.17, 15) is 14.7 Å². The van der Waals surface area contributed by atoms with Crippen LogP contribution in [0.4, 0.5) is 0 Å². The number of rotatable bonds is 4. The molecule has 2 fully saturated rings. The molecule has 6 nitrogen and oxygen atoms in total. The molecular formula is C22H29N3O3. The average Bonchev–Trinajstić information content (AvgIpc) is 3.14. The predicted octanol–water partition coefficient (Wildman–Crippen LogP) is 1.90. The van der Waals surface area contributed by atoms with Gasteiger partial charge in [0.05, 0.1) is 6.10 Å². The van der Waals surface area contributed by atoms with E-state index in [4.69, 9.17) is 0 Å². The van der Waals surface area contributed by atoms with E-state index in [1.165, 1.54) is 5.56 Å². The van der Waals surface area contributed by atoms with E-state index in [0.29, 0.717) is 6.42 Å². The lowest BCUT2D eigenvalue weighted by Gasteiger charge is -2.36. The highest BCUT2D eigenvalue weighted by Crippen LogP contribution is 2.27. The van der Waals surface area contributed by atoms with Crippen molar-refractivity contribution in [3.8, 4) is 0 Å². The lowest BCUT2D eigenvalue weighted by atomic mass is 10.1. The molecule has 2 atom stereocenters. The van der Waals surface area contributed by atoms with Crippen LogP contribution in [0.2, 0.25) is 0 Å². The maximum atomic E-state index is 12.6. The Morgan fingerprint density at radius 1 is 1.18 bits per heavy atom. The van der Waals surface area contributed by atoms with Gasteiger partial charge in [0, 0.05) is 49.7 Å². The van der Waals surface area contributed by atoms with Crippen molar-refractivity contribution in [2.75, 3.05) is 26.2 Å². The Kier molecular flexibility index (Phi) is 5.51. The highest BCUT2D eigenvalue weighted by molar-refractivity contribution is 5.80. The van der Waals surface area contributed by atoms with Crippen molar-refractivity contribution in [3.63, 3.8) is 0 Å². The summed E-state index contributed by atoms with van der Waals surface area (Å²) in [7, 11) is 0. The minimum atomic E-state index is -0.303. The van der Waals surface area contributed by atoms with Gasteiger partial charge in [0.25, 0.3) is 5.56 Å². The number of amides is 1. The molecule has 1 saturated heterocycles. The van der Waals surface area contributed by atoms with E-state index < -0.39 is 0 Å². The fraction of sp³-hybridized carbons (Fsp3) is 0.545. The molecule has 1 aliphatic carbocycles. The van der Waals surface area contributed by atoms with Gasteiger partial charge in [-0.2, -0.15) is 0 Å².